The molecule has 1 fully saturated rings. The van der Waals surface area contributed by atoms with Gasteiger partial charge >= 0.3 is 0 Å². The molecule has 0 N–H and O–H groups in total. The first-order chi connectivity index (χ1) is 6.82. The standard InChI is InChI=1S/C12H22ClNO/c1-9(13)11(15)14-7-5-10(6-8-14)12(2,3)4/h9-10H,5-8H2,1-4H3. The van der Waals surface area contributed by atoms with Crippen LogP contribution in [0.5, 0.6) is 0 Å². The molecule has 88 valence electrons. The summed E-state index contributed by atoms with van der Waals surface area (Å²) >= 11 is 5.80. The number of carbonyl (C=O) groups excluding carboxylic acids is 1. The first kappa shape index (κ1) is 12.8. The molecule has 1 heterocycles. The van der Waals surface area contributed by atoms with Crippen LogP contribution in [0.3, 0.4) is 0 Å². The maximum atomic E-state index is 11.6. The highest BCUT2D eigenvalue weighted by Gasteiger charge is 2.31. The van der Waals surface area contributed by atoms with Crippen molar-refractivity contribution in [3.8, 4) is 0 Å². The fourth-order valence-electron chi connectivity index (χ4n) is 2.22. The minimum Gasteiger partial charge on any atom is -0.341 e. The largest absolute Gasteiger partial charge is 0.341 e. The molecule has 0 radical (unpaired) electrons. The van der Waals surface area contributed by atoms with E-state index in [1.807, 2.05) is 4.90 Å². The van der Waals surface area contributed by atoms with Gasteiger partial charge in [-0.25, -0.2) is 0 Å². The zero-order valence-corrected chi connectivity index (χ0v) is 11.0. The van der Waals surface area contributed by atoms with Crippen LogP contribution in [0.25, 0.3) is 0 Å². The van der Waals surface area contributed by atoms with Gasteiger partial charge in [0.25, 0.3) is 0 Å². The maximum Gasteiger partial charge on any atom is 0.240 e. The predicted octanol–water partition coefficient (Wildman–Crippen LogP) is 2.90. The molecule has 1 aliphatic heterocycles. The fraction of sp³-hybridized carbons (Fsp3) is 0.917. The average molecular weight is 232 g/mol. The van der Waals surface area contributed by atoms with Crippen LogP contribution < -0.4 is 0 Å². The van der Waals surface area contributed by atoms with Crippen LogP contribution in [-0.2, 0) is 4.79 Å². The van der Waals surface area contributed by atoms with E-state index in [1.165, 1.54) is 0 Å². The molecule has 1 amide bonds. The molecular formula is C12H22ClNO. The van der Waals surface area contributed by atoms with Gasteiger partial charge in [0.05, 0.1) is 0 Å². The van der Waals surface area contributed by atoms with Gasteiger partial charge in [0.2, 0.25) is 5.91 Å². The molecule has 0 aromatic rings. The second-order valence-electron chi connectivity index (χ2n) is 5.58. The summed E-state index contributed by atoms with van der Waals surface area (Å²) in [6.45, 7) is 10.3. The van der Waals surface area contributed by atoms with E-state index in [0.717, 1.165) is 31.8 Å². The molecule has 2 nitrogen and oxygen atoms in total. The van der Waals surface area contributed by atoms with Crippen molar-refractivity contribution in [3.05, 3.63) is 0 Å². The minimum atomic E-state index is -0.379. The Morgan fingerprint density at radius 2 is 1.80 bits per heavy atom. The zero-order chi connectivity index (χ0) is 11.6. The van der Waals surface area contributed by atoms with E-state index < -0.39 is 0 Å². The van der Waals surface area contributed by atoms with Crippen LogP contribution in [0.4, 0.5) is 0 Å². The normalized spacial score (nSPS) is 21.5. The number of hydrogen-bond acceptors (Lipinski definition) is 1. The fourth-order valence-corrected chi connectivity index (χ4v) is 2.36. The molecule has 0 spiro atoms. The molecule has 1 aliphatic rings. The van der Waals surface area contributed by atoms with Crippen molar-refractivity contribution in [2.24, 2.45) is 11.3 Å². The summed E-state index contributed by atoms with van der Waals surface area (Å²) in [7, 11) is 0. The number of hydrogen-bond donors (Lipinski definition) is 0. The van der Waals surface area contributed by atoms with Crippen LogP contribution in [0.15, 0.2) is 0 Å². The molecule has 0 saturated carbocycles. The SMILES string of the molecule is CC(Cl)C(=O)N1CCC(C(C)(C)C)CC1. The van der Waals surface area contributed by atoms with Gasteiger partial charge in [0.1, 0.15) is 5.38 Å². The third-order valence-electron chi connectivity index (χ3n) is 3.37. The highest BCUT2D eigenvalue weighted by Crippen LogP contribution is 2.34. The molecule has 0 aliphatic carbocycles. The summed E-state index contributed by atoms with van der Waals surface area (Å²) in [6, 6.07) is 0. The number of alkyl halides is 1. The van der Waals surface area contributed by atoms with Crippen molar-refractivity contribution in [2.45, 2.75) is 45.9 Å². The monoisotopic (exact) mass is 231 g/mol. The first-order valence-electron chi connectivity index (χ1n) is 5.75. The van der Waals surface area contributed by atoms with E-state index in [4.69, 9.17) is 11.6 Å². The Kier molecular flexibility index (Phi) is 4.05. The summed E-state index contributed by atoms with van der Waals surface area (Å²) in [5, 5.41) is -0.379. The smallest absolute Gasteiger partial charge is 0.240 e. The van der Waals surface area contributed by atoms with E-state index in [9.17, 15) is 4.79 Å². The van der Waals surface area contributed by atoms with Crippen LogP contribution in [0, 0.1) is 11.3 Å². The minimum absolute atomic E-state index is 0.0871. The van der Waals surface area contributed by atoms with Gasteiger partial charge in [-0.3, -0.25) is 4.79 Å². The van der Waals surface area contributed by atoms with Crippen LogP contribution in [-0.4, -0.2) is 29.3 Å². The van der Waals surface area contributed by atoms with Gasteiger partial charge in [-0.15, -0.1) is 11.6 Å². The van der Waals surface area contributed by atoms with Crippen LogP contribution in [0.2, 0.25) is 0 Å². The highest BCUT2D eigenvalue weighted by atomic mass is 35.5. The highest BCUT2D eigenvalue weighted by molar-refractivity contribution is 6.30. The molecule has 1 rings (SSSR count). The topological polar surface area (TPSA) is 20.3 Å². The molecule has 0 aromatic carbocycles. The van der Waals surface area contributed by atoms with Crippen molar-refractivity contribution >= 4 is 17.5 Å². The summed E-state index contributed by atoms with van der Waals surface area (Å²) in [5.41, 5.74) is 0.363. The predicted molar refractivity (Wildman–Crippen MR) is 64.1 cm³/mol. The van der Waals surface area contributed by atoms with Gasteiger partial charge in [0, 0.05) is 13.1 Å². The first-order valence-corrected chi connectivity index (χ1v) is 6.19. The van der Waals surface area contributed by atoms with Crippen LogP contribution >= 0.6 is 11.6 Å². The number of halogens is 1. The Labute approximate surface area is 98.0 Å². The Morgan fingerprint density at radius 1 is 1.33 bits per heavy atom. The third-order valence-corrected chi connectivity index (χ3v) is 3.56. The quantitative estimate of drug-likeness (QED) is 0.636. The number of amides is 1. The summed E-state index contributed by atoms with van der Waals surface area (Å²) in [4.78, 5) is 13.6. The van der Waals surface area contributed by atoms with Crippen molar-refractivity contribution in [1.29, 1.82) is 0 Å². The Morgan fingerprint density at radius 3 is 2.13 bits per heavy atom. The van der Waals surface area contributed by atoms with Crippen molar-refractivity contribution in [2.75, 3.05) is 13.1 Å². The van der Waals surface area contributed by atoms with E-state index in [1.54, 1.807) is 6.92 Å². The molecular weight excluding hydrogens is 210 g/mol. The number of rotatable bonds is 1. The van der Waals surface area contributed by atoms with E-state index in [2.05, 4.69) is 20.8 Å². The molecule has 1 saturated heterocycles. The molecule has 3 heteroatoms. The molecule has 1 atom stereocenters. The summed E-state index contributed by atoms with van der Waals surface area (Å²) in [5.74, 6) is 0.816. The van der Waals surface area contributed by atoms with Gasteiger partial charge < -0.3 is 4.90 Å². The number of carbonyl (C=O) groups is 1. The van der Waals surface area contributed by atoms with Gasteiger partial charge in [-0.1, -0.05) is 20.8 Å². The molecule has 0 bridgehead atoms. The number of likely N-dealkylation sites (tertiary alicyclic amines) is 1. The van der Waals surface area contributed by atoms with E-state index in [-0.39, 0.29) is 11.3 Å². The second-order valence-corrected chi connectivity index (χ2v) is 6.24. The van der Waals surface area contributed by atoms with E-state index >= 15 is 0 Å². The summed E-state index contributed by atoms with van der Waals surface area (Å²) < 4.78 is 0. The van der Waals surface area contributed by atoms with Crippen molar-refractivity contribution in [1.82, 2.24) is 4.90 Å². The molecule has 1 unspecified atom stereocenters. The lowest BCUT2D eigenvalue weighted by Gasteiger charge is -2.39. The lowest BCUT2D eigenvalue weighted by atomic mass is 9.75. The summed E-state index contributed by atoms with van der Waals surface area (Å²) in [6.07, 6.45) is 2.22. The zero-order valence-electron chi connectivity index (χ0n) is 10.2. The van der Waals surface area contributed by atoms with Crippen molar-refractivity contribution in [3.63, 3.8) is 0 Å². The molecule has 15 heavy (non-hydrogen) atoms. The van der Waals surface area contributed by atoms with Gasteiger partial charge in [-0.05, 0) is 31.1 Å². The Balaban J connectivity index is 2.46. The lowest BCUT2D eigenvalue weighted by Crippen LogP contribution is -2.43. The number of nitrogens with zero attached hydrogens (tertiary/aromatic N) is 1. The van der Waals surface area contributed by atoms with E-state index in [0.29, 0.717) is 5.41 Å². The maximum absolute atomic E-state index is 11.6. The second kappa shape index (κ2) is 4.73. The Hall–Kier alpha value is -0.240. The number of piperidine rings is 1. The Bertz CT molecular complexity index is 224. The average Bonchev–Trinajstić information content (AvgIpc) is 2.15. The molecule has 0 aromatic heterocycles. The lowest BCUT2D eigenvalue weighted by molar-refractivity contribution is -0.132. The third kappa shape index (κ3) is 3.37. The van der Waals surface area contributed by atoms with Crippen LogP contribution in [0.1, 0.15) is 40.5 Å². The van der Waals surface area contributed by atoms with Crippen molar-refractivity contribution < 1.29 is 4.79 Å². The van der Waals surface area contributed by atoms with Gasteiger partial charge in [-0.2, -0.15) is 0 Å². The van der Waals surface area contributed by atoms with Gasteiger partial charge in [0.15, 0.2) is 0 Å².